The fourth-order valence-electron chi connectivity index (χ4n) is 3.92. The van der Waals surface area contributed by atoms with Crippen LogP contribution in [0.15, 0.2) is 72.8 Å². The van der Waals surface area contributed by atoms with Gasteiger partial charge in [-0.2, -0.15) is 0 Å². The highest BCUT2D eigenvalue weighted by Gasteiger charge is 2.04. The van der Waals surface area contributed by atoms with E-state index in [1.54, 1.807) is 48.5 Å². The van der Waals surface area contributed by atoms with E-state index < -0.39 is 11.9 Å². The molecule has 3 aromatic carbocycles. The van der Waals surface area contributed by atoms with Crippen molar-refractivity contribution in [1.29, 1.82) is 0 Å². The van der Waals surface area contributed by atoms with Crippen molar-refractivity contribution in [1.82, 2.24) is 0 Å². The van der Waals surface area contributed by atoms with E-state index >= 15 is 0 Å². The van der Waals surface area contributed by atoms with E-state index in [1.807, 2.05) is 24.3 Å². The Balaban J connectivity index is 1.16. The minimum absolute atomic E-state index is 0.254. The van der Waals surface area contributed by atoms with Crippen molar-refractivity contribution in [2.24, 2.45) is 0 Å². The van der Waals surface area contributed by atoms with Crippen LogP contribution in [0.2, 0.25) is 0 Å². The maximum atomic E-state index is 10.9. The second-order valence-electron chi connectivity index (χ2n) is 9.36. The quantitative estimate of drug-likeness (QED) is 0.143. The number of carbonyl (C=O) groups is 2. The Morgan fingerprint density at radius 1 is 0.450 bits per heavy atom. The lowest BCUT2D eigenvalue weighted by Gasteiger charge is -2.10. The number of rotatable bonds is 20. The molecule has 214 valence electrons. The van der Waals surface area contributed by atoms with Crippen LogP contribution >= 0.6 is 0 Å². The van der Waals surface area contributed by atoms with Crippen molar-refractivity contribution in [2.75, 3.05) is 26.4 Å². The second-order valence-corrected chi connectivity index (χ2v) is 9.36. The van der Waals surface area contributed by atoms with Crippen LogP contribution < -0.4 is 18.9 Å². The average Bonchev–Trinajstić information content (AvgIpc) is 2.96. The molecule has 0 heterocycles. The maximum Gasteiger partial charge on any atom is 0.335 e. The van der Waals surface area contributed by atoms with Crippen LogP contribution in [0.5, 0.6) is 23.0 Å². The molecular weight excluding hydrogens is 512 g/mol. The highest BCUT2D eigenvalue weighted by molar-refractivity contribution is 5.88. The molecule has 8 nitrogen and oxygen atoms in total. The van der Waals surface area contributed by atoms with Gasteiger partial charge in [-0.1, -0.05) is 6.07 Å². The third-order valence-corrected chi connectivity index (χ3v) is 6.16. The minimum Gasteiger partial charge on any atom is -0.494 e. The fraction of sp³-hybridized carbons (Fsp3) is 0.375. The smallest absolute Gasteiger partial charge is 0.335 e. The maximum absolute atomic E-state index is 10.9. The van der Waals surface area contributed by atoms with Gasteiger partial charge in [0.2, 0.25) is 0 Å². The molecule has 0 unspecified atom stereocenters. The molecule has 2 N–H and O–H groups in total. The number of carboxylic acids is 2. The summed E-state index contributed by atoms with van der Waals surface area (Å²) in [5, 5.41) is 17.8. The van der Waals surface area contributed by atoms with Crippen LogP contribution in [0.4, 0.5) is 0 Å². The van der Waals surface area contributed by atoms with E-state index in [0.29, 0.717) is 37.9 Å². The largest absolute Gasteiger partial charge is 0.494 e. The van der Waals surface area contributed by atoms with E-state index in [2.05, 4.69) is 0 Å². The van der Waals surface area contributed by atoms with Gasteiger partial charge in [0.05, 0.1) is 37.6 Å². The molecule has 40 heavy (non-hydrogen) atoms. The van der Waals surface area contributed by atoms with Gasteiger partial charge < -0.3 is 29.2 Å². The fourth-order valence-corrected chi connectivity index (χ4v) is 3.92. The topological polar surface area (TPSA) is 112 Å². The number of hydrogen-bond donors (Lipinski definition) is 2. The van der Waals surface area contributed by atoms with Crippen molar-refractivity contribution in [3.63, 3.8) is 0 Å². The Labute approximate surface area is 235 Å². The predicted octanol–water partition coefficient (Wildman–Crippen LogP) is 7.12. The molecule has 0 atom stereocenters. The number of benzene rings is 3. The van der Waals surface area contributed by atoms with Crippen LogP contribution in [0.3, 0.4) is 0 Å². The minimum atomic E-state index is -0.940. The summed E-state index contributed by atoms with van der Waals surface area (Å²) in [4.78, 5) is 21.8. The summed E-state index contributed by atoms with van der Waals surface area (Å²) in [5.41, 5.74) is 0.508. The van der Waals surface area contributed by atoms with Gasteiger partial charge in [0, 0.05) is 6.07 Å². The van der Waals surface area contributed by atoms with Crippen molar-refractivity contribution in [3.05, 3.63) is 83.9 Å². The van der Waals surface area contributed by atoms with Crippen molar-refractivity contribution in [2.45, 2.75) is 51.4 Å². The molecule has 8 heteroatoms. The van der Waals surface area contributed by atoms with Gasteiger partial charge in [0.15, 0.2) is 0 Å². The van der Waals surface area contributed by atoms with Gasteiger partial charge in [-0.3, -0.25) is 0 Å². The van der Waals surface area contributed by atoms with Gasteiger partial charge in [-0.05, 0) is 112 Å². The summed E-state index contributed by atoms with van der Waals surface area (Å²) in [7, 11) is 0. The number of ether oxygens (including phenoxy) is 4. The van der Waals surface area contributed by atoms with Crippen molar-refractivity contribution >= 4 is 11.9 Å². The standard InChI is InChI=1S/C32H38O8/c33-31(34)25-12-16-27(17-13-25)37-20-5-1-3-7-22-39-29-10-9-11-30(24-29)40-23-8-4-2-6-21-38-28-18-14-26(15-19-28)32(35)36/h9-19,24H,1-8,20-23H2,(H,33,34)(H,35,36). The Kier molecular flexibility index (Phi) is 13.2. The van der Waals surface area contributed by atoms with E-state index in [9.17, 15) is 9.59 Å². The van der Waals surface area contributed by atoms with E-state index in [1.165, 1.54) is 0 Å². The Bertz CT molecular complexity index is 1070. The monoisotopic (exact) mass is 550 g/mol. The average molecular weight is 551 g/mol. The third-order valence-electron chi connectivity index (χ3n) is 6.16. The molecule has 0 amide bonds. The predicted molar refractivity (Wildman–Crippen MR) is 152 cm³/mol. The molecule has 0 bridgehead atoms. The van der Waals surface area contributed by atoms with Crippen LogP contribution in [-0.4, -0.2) is 48.6 Å². The summed E-state index contributed by atoms with van der Waals surface area (Å²) in [6, 6.07) is 20.6. The zero-order valence-electron chi connectivity index (χ0n) is 22.8. The third kappa shape index (κ3) is 11.7. The Morgan fingerprint density at radius 3 is 1.10 bits per heavy atom. The Hall–Kier alpha value is -4.20. The van der Waals surface area contributed by atoms with E-state index in [0.717, 1.165) is 62.9 Å². The van der Waals surface area contributed by atoms with Gasteiger partial charge in [0.25, 0.3) is 0 Å². The van der Waals surface area contributed by atoms with E-state index in [-0.39, 0.29) is 11.1 Å². The first-order chi connectivity index (χ1) is 19.5. The van der Waals surface area contributed by atoms with Crippen LogP contribution in [0.1, 0.15) is 72.1 Å². The lowest BCUT2D eigenvalue weighted by Crippen LogP contribution is -2.01. The van der Waals surface area contributed by atoms with Gasteiger partial charge in [0.1, 0.15) is 23.0 Å². The van der Waals surface area contributed by atoms with Crippen LogP contribution in [0.25, 0.3) is 0 Å². The molecule has 0 spiro atoms. The summed E-state index contributed by atoms with van der Waals surface area (Å²) < 4.78 is 23.1. The zero-order chi connectivity index (χ0) is 28.4. The molecule has 3 aromatic rings. The van der Waals surface area contributed by atoms with Crippen molar-refractivity contribution < 1.29 is 38.7 Å². The lowest BCUT2D eigenvalue weighted by atomic mass is 10.2. The normalized spacial score (nSPS) is 10.6. The van der Waals surface area contributed by atoms with Gasteiger partial charge in [-0.25, -0.2) is 9.59 Å². The summed E-state index contributed by atoms with van der Waals surface area (Å²) >= 11 is 0. The number of carboxylic acid groups (broad SMARTS) is 2. The summed E-state index contributed by atoms with van der Waals surface area (Å²) in [6.07, 6.45) is 7.92. The van der Waals surface area contributed by atoms with E-state index in [4.69, 9.17) is 29.2 Å². The molecule has 0 saturated carbocycles. The van der Waals surface area contributed by atoms with Gasteiger partial charge >= 0.3 is 11.9 Å². The number of aromatic carboxylic acids is 2. The summed E-state index contributed by atoms with van der Waals surface area (Å²) in [5.74, 6) is 1.10. The zero-order valence-corrected chi connectivity index (χ0v) is 22.8. The molecule has 0 aliphatic heterocycles. The molecule has 0 fully saturated rings. The highest BCUT2D eigenvalue weighted by atomic mass is 16.5. The highest BCUT2D eigenvalue weighted by Crippen LogP contribution is 2.20. The molecule has 3 rings (SSSR count). The first-order valence-corrected chi connectivity index (χ1v) is 13.8. The second kappa shape index (κ2) is 17.4. The molecule has 0 saturated heterocycles. The van der Waals surface area contributed by atoms with Crippen molar-refractivity contribution in [3.8, 4) is 23.0 Å². The molecule has 0 aliphatic rings. The van der Waals surface area contributed by atoms with Gasteiger partial charge in [-0.15, -0.1) is 0 Å². The molecule has 0 aliphatic carbocycles. The number of hydrogen-bond acceptors (Lipinski definition) is 6. The first kappa shape index (κ1) is 30.3. The lowest BCUT2D eigenvalue weighted by molar-refractivity contribution is 0.0686. The Morgan fingerprint density at radius 2 is 0.775 bits per heavy atom. The SMILES string of the molecule is O=C(O)c1ccc(OCCCCCCOc2cccc(OCCCCCCOc3ccc(C(=O)O)cc3)c2)cc1. The van der Waals surface area contributed by atoms with Crippen LogP contribution in [0, 0.1) is 0 Å². The molecular formula is C32H38O8. The first-order valence-electron chi connectivity index (χ1n) is 13.8. The number of unbranched alkanes of at least 4 members (excludes halogenated alkanes) is 6. The molecule has 0 radical (unpaired) electrons. The summed E-state index contributed by atoms with van der Waals surface area (Å²) in [6.45, 7) is 2.50. The van der Waals surface area contributed by atoms with Crippen LogP contribution in [-0.2, 0) is 0 Å². The molecule has 0 aromatic heterocycles.